The van der Waals surface area contributed by atoms with E-state index in [0.29, 0.717) is 5.56 Å². The predicted octanol–water partition coefficient (Wildman–Crippen LogP) is 5.74. The molecule has 0 saturated carbocycles. The van der Waals surface area contributed by atoms with E-state index in [0.717, 1.165) is 23.2 Å². The van der Waals surface area contributed by atoms with E-state index in [9.17, 15) is 4.79 Å². The number of nitrogens with zero attached hydrogens (tertiary/aromatic N) is 1. The number of carbonyl (C=O) groups is 1. The summed E-state index contributed by atoms with van der Waals surface area (Å²) in [5.74, 6) is -0.898. The number of pyridine rings is 1. The van der Waals surface area contributed by atoms with Gasteiger partial charge in [0.05, 0.1) is 5.56 Å². The first-order chi connectivity index (χ1) is 11.7. The highest BCUT2D eigenvalue weighted by molar-refractivity contribution is 5.88. The highest BCUT2D eigenvalue weighted by Gasteiger charge is 2.04. The zero-order valence-corrected chi connectivity index (χ0v) is 14.5. The first-order valence-corrected chi connectivity index (χ1v) is 8.99. The molecule has 1 aromatic carbocycles. The summed E-state index contributed by atoms with van der Waals surface area (Å²) in [5, 5.41) is 8.93. The number of benzene rings is 1. The zero-order valence-electron chi connectivity index (χ0n) is 14.5. The lowest BCUT2D eigenvalue weighted by molar-refractivity contribution is 0.0697. The van der Waals surface area contributed by atoms with Gasteiger partial charge in [-0.2, -0.15) is 0 Å². The van der Waals surface area contributed by atoms with Crippen LogP contribution in [0.4, 0.5) is 0 Å². The number of rotatable bonds is 10. The molecule has 3 nitrogen and oxygen atoms in total. The van der Waals surface area contributed by atoms with Gasteiger partial charge in [-0.15, -0.1) is 0 Å². The minimum atomic E-state index is -0.898. The van der Waals surface area contributed by atoms with Gasteiger partial charge in [-0.3, -0.25) is 4.98 Å². The lowest BCUT2D eigenvalue weighted by atomic mass is 10.0. The second-order valence-electron chi connectivity index (χ2n) is 6.29. The van der Waals surface area contributed by atoms with Crippen molar-refractivity contribution in [2.45, 2.75) is 58.3 Å². The van der Waals surface area contributed by atoms with Crippen molar-refractivity contribution in [3.05, 3.63) is 53.9 Å². The molecule has 1 aromatic heterocycles. The number of hydrogen-bond acceptors (Lipinski definition) is 2. The molecule has 0 saturated heterocycles. The minimum Gasteiger partial charge on any atom is -0.478 e. The van der Waals surface area contributed by atoms with Crippen LogP contribution in [0.2, 0.25) is 0 Å². The van der Waals surface area contributed by atoms with Gasteiger partial charge in [-0.25, -0.2) is 4.79 Å². The molecular formula is C21H27NO2. The Labute approximate surface area is 144 Å². The van der Waals surface area contributed by atoms with Crippen LogP contribution in [-0.2, 0) is 6.42 Å². The number of carboxylic acid groups (broad SMARTS) is 1. The Balaban J connectivity index is 1.79. The molecule has 0 atom stereocenters. The molecule has 2 aromatic rings. The standard InChI is InChI=1S/C21H27NO2/c1-2-3-4-5-6-7-8-9-20-15-14-19(16-22-20)17-10-12-18(13-11-17)21(23)24/h10-16H,2-9H2,1H3,(H,23,24). The third-order valence-electron chi connectivity index (χ3n) is 4.33. The van der Waals surface area contributed by atoms with Crippen molar-refractivity contribution < 1.29 is 9.90 Å². The maximum absolute atomic E-state index is 10.9. The number of aromatic carboxylic acids is 1. The summed E-state index contributed by atoms with van der Waals surface area (Å²) in [6, 6.07) is 11.1. The Kier molecular flexibility index (Phi) is 7.47. The SMILES string of the molecule is CCCCCCCCCc1ccc(-c2ccc(C(=O)O)cc2)cn1. The van der Waals surface area contributed by atoms with Crippen LogP contribution < -0.4 is 0 Å². The van der Waals surface area contributed by atoms with Crippen molar-refractivity contribution in [3.8, 4) is 11.1 Å². The summed E-state index contributed by atoms with van der Waals surface area (Å²) in [6.45, 7) is 2.25. The van der Waals surface area contributed by atoms with Gasteiger partial charge < -0.3 is 5.11 Å². The molecule has 3 heteroatoms. The molecular weight excluding hydrogens is 298 g/mol. The van der Waals surface area contributed by atoms with Crippen LogP contribution in [-0.4, -0.2) is 16.1 Å². The molecule has 1 heterocycles. The second-order valence-corrected chi connectivity index (χ2v) is 6.29. The molecule has 128 valence electrons. The first-order valence-electron chi connectivity index (χ1n) is 8.99. The van der Waals surface area contributed by atoms with Gasteiger partial charge in [0.15, 0.2) is 0 Å². The molecule has 0 bridgehead atoms. The Morgan fingerprint density at radius 2 is 1.50 bits per heavy atom. The maximum Gasteiger partial charge on any atom is 0.335 e. The van der Waals surface area contributed by atoms with E-state index in [1.165, 1.54) is 44.9 Å². The van der Waals surface area contributed by atoms with E-state index in [1.807, 2.05) is 18.3 Å². The number of hydrogen-bond donors (Lipinski definition) is 1. The summed E-state index contributed by atoms with van der Waals surface area (Å²) in [4.78, 5) is 15.4. The van der Waals surface area contributed by atoms with Crippen LogP contribution in [0, 0.1) is 0 Å². The third kappa shape index (κ3) is 5.80. The van der Waals surface area contributed by atoms with Gasteiger partial charge >= 0.3 is 5.97 Å². The number of aromatic nitrogens is 1. The normalized spacial score (nSPS) is 10.7. The van der Waals surface area contributed by atoms with Gasteiger partial charge in [0.25, 0.3) is 0 Å². The molecule has 0 radical (unpaired) electrons. The lowest BCUT2D eigenvalue weighted by Gasteiger charge is -2.05. The Morgan fingerprint density at radius 1 is 0.875 bits per heavy atom. The first kappa shape index (κ1) is 18.2. The van der Waals surface area contributed by atoms with E-state index in [-0.39, 0.29) is 0 Å². The summed E-state index contributed by atoms with van der Waals surface area (Å²) in [6.07, 6.45) is 12.1. The highest BCUT2D eigenvalue weighted by Crippen LogP contribution is 2.20. The summed E-state index contributed by atoms with van der Waals surface area (Å²) in [7, 11) is 0. The Hall–Kier alpha value is -2.16. The van der Waals surface area contributed by atoms with Crippen molar-refractivity contribution in [1.82, 2.24) is 4.98 Å². The van der Waals surface area contributed by atoms with Crippen molar-refractivity contribution in [2.24, 2.45) is 0 Å². The summed E-state index contributed by atoms with van der Waals surface area (Å²) in [5.41, 5.74) is 3.46. The lowest BCUT2D eigenvalue weighted by Crippen LogP contribution is -1.95. The molecule has 0 spiro atoms. The minimum absolute atomic E-state index is 0.308. The quantitative estimate of drug-likeness (QED) is 0.567. The molecule has 1 N–H and O–H groups in total. The van der Waals surface area contributed by atoms with E-state index in [4.69, 9.17) is 5.11 Å². The van der Waals surface area contributed by atoms with Gasteiger partial charge in [-0.05, 0) is 36.6 Å². The Bertz CT molecular complexity index is 617. The van der Waals surface area contributed by atoms with Gasteiger partial charge in [-0.1, -0.05) is 63.6 Å². The maximum atomic E-state index is 10.9. The van der Waals surface area contributed by atoms with E-state index >= 15 is 0 Å². The van der Waals surface area contributed by atoms with Crippen molar-refractivity contribution in [2.75, 3.05) is 0 Å². The largest absolute Gasteiger partial charge is 0.478 e. The fourth-order valence-electron chi connectivity index (χ4n) is 2.81. The van der Waals surface area contributed by atoms with Crippen LogP contribution in [0.15, 0.2) is 42.6 Å². The molecule has 0 aliphatic heterocycles. The predicted molar refractivity (Wildman–Crippen MR) is 98.3 cm³/mol. The van der Waals surface area contributed by atoms with E-state index in [2.05, 4.69) is 24.0 Å². The fourth-order valence-corrected chi connectivity index (χ4v) is 2.81. The molecule has 0 aliphatic rings. The van der Waals surface area contributed by atoms with Crippen LogP contribution in [0.5, 0.6) is 0 Å². The molecule has 0 unspecified atom stereocenters. The van der Waals surface area contributed by atoms with Gasteiger partial charge in [0.2, 0.25) is 0 Å². The molecule has 0 amide bonds. The average molecular weight is 325 g/mol. The summed E-state index contributed by atoms with van der Waals surface area (Å²) < 4.78 is 0. The van der Waals surface area contributed by atoms with Crippen LogP contribution in [0.1, 0.15) is 67.9 Å². The van der Waals surface area contributed by atoms with Crippen molar-refractivity contribution in [1.29, 1.82) is 0 Å². The average Bonchev–Trinajstić information content (AvgIpc) is 2.61. The molecule has 0 fully saturated rings. The van der Waals surface area contributed by atoms with E-state index < -0.39 is 5.97 Å². The topological polar surface area (TPSA) is 50.2 Å². The third-order valence-corrected chi connectivity index (χ3v) is 4.33. The smallest absolute Gasteiger partial charge is 0.335 e. The van der Waals surface area contributed by atoms with Crippen LogP contribution in [0.3, 0.4) is 0 Å². The highest BCUT2D eigenvalue weighted by atomic mass is 16.4. The van der Waals surface area contributed by atoms with Gasteiger partial charge in [0, 0.05) is 17.5 Å². The second kappa shape index (κ2) is 9.86. The van der Waals surface area contributed by atoms with Crippen molar-refractivity contribution >= 4 is 5.97 Å². The van der Waals surface area contributed by atoms with Crippen LogP contribution >= 0.6 is 0 Å². The van der Waals surface area contributed by atoms with Gasteiger partial charge in [0.1, 0.15) is 0 Å². The monoisotopic (exact) mass is 325 g/mol. The number of carboxylic acids is 1. The number of aryl methyl sites for hydroxylation is 1. The van der Waals surface area contributed by atoms with E-state index in [1.54, 1.807) is 12.1 Å². The Morgan fingerprint density at radius 3 is 2.08 bits per heavy atom. The number of unbranched alkanes of at least 4 members (excludes halogenated alkanes) is 6. The molecule has 0 aliphatic carbocycles. The summed E-state index contributed by atoms with van der Waals surface area (Å²) >= 11 is 0. The van der Waals surface area contributed by atoms with Crippen molar-refractivity contribution in [3.63, 3.8) is 0 Å². The fraction of sp³-hybridized carbons (Fsp3) is 0.429. The molecule has 2 rings (SSSR count). The zero-order chi connectivity index (χ0) is 17.2. The molecule has 24 heavy (non-hydrogen) atoms. The van der Waals surface area contributed by atoms with Crippen LogP contribution in [0.25, 0.3) is 11.1 Å².